The average molecular weight is 2000 g/mol. The van der Waals surface area contributed by atoms with Crippen LogP contribution in [0.5, 0.6) is 0 Å². The Hall–Kier alpha value is -3.99. The van der Waals surface area contributed by atoms with Gasteiger partial charge in [0.05, 0.1) is 25.6 Å². The molecule has 0 saturated carbocycles. The normalized spacial score (nSPS) is 12.8. The van der Waals surface area contributed by atoms with E-state index in [9.17, 15) is 29.1 Å². The smallest absolute Gasteiger partial charge is 1.00 e. The molecular formula is C89H92AlBrCl9LiMgN2O8S7+2. The van der Waals surface area contributed by atoms with E-state index in [0.717, 1.165) is 117 Å². The first-order valence-corrected chi connectivity index (χ1v) is 45.6. The summed E-state index contributed by atoms with van der Waals surface area (Å²) < 4.78 is 9.09. The number of benzene rings is 6. The molecule has 2 aliphatic rings. The number of allylic oxidation sites excluding steroid dienone is 2. The van der Waals surface area contributed by atoms with Crippen molar-refractivity contribution in [2.24, 2.45) is 11.8 Å². The molecule has 0 spiro atoms. The van der Waals surface area contributed by atoms with Gasteiger partial charge in [-0.25, -0.2) is 9.00 Å². The maximum Gasteiger partial charge on any atom is 2.00 e. The average Bonchev–Trinajstić information content (AvgIpc) is 1.61. The van der Waals surface area contributed by atoms with Crippen LogP contribution in [0.2, 0.25) is 30.1 Å². The quantitative estimate of drug-likeness (QED) is 0.0424. The van der Waals surface area contributed by atoms with Crippen LogP contribution in [0.1, 0.15) is 132 Å². The van der Waals surface area contributed by atoms with Gasteiger partial charge in [0.1, 0.15) is 4.88 Å². The molecule has 12 aromatic rings. The van der Waals surface area contributed by atoms with Crippen molar-refractivity contribution in [1.29, 1.82) is 0 Å². The molecule has 6 aromatic carbocycles. The van der Waals surface area contributed by atoms with Crippen molar-refractivity contribution in [3.8, 4) is 66.8 Å². The van der Waals surface area contributed by atoms with E-state index in [1.165, 1.54) is 82.9 Å². The minimum absolute atomic E-state index is 0. The zero-order valence-corrected chi connectivity index (χ0v) is 83.3. The number of aliphatic hydroxyl groups is 1. The standard InChI is InChI=1S/C15H15ClOS.2C15H13ClOS.C14H14ClNOS.C12H8Cl2OS.C12H9ClO2S.C3H9N.C3H5.Al.BrH.Cl2OS.Li.Mg.4H/c2*1-8-7-12-13(9(2)18-15(12)14(8)17)10-3-5-11(16)6-4-10;1-9(2)15(17)14-8-13(10(3)18-14)11-4-6-12(16)7-5-11;1-9-12(10-4-6-11(15)7-5-10)8-13(18-9)14(17)16(2)3;2*1-7-10(6-11(16-7)12(14)15)8-2-4-9(13)5-3-8;1-4(2)3;1-3-2;;;1-4(2)3;;;;;;/h3-6,8,14,17H,7H2,1-2H3;3-6,8H,7H2,1-2H3;4-8H,1H2,2-3H3;4-8H,1-3H3;2-6H,1H3;2-6H,1H3,(H,14,15);1-3H3;1H2,2H3;;1H;;;;;;;/q;;;;;;;-1;;;;+1;+2;;;;-1/p+1. The van der Waals surface area contributed by atoms with Crippen molar-refractivity contribution in [3.63, 3.8) is 0 Å². The molecular weight excluding hydrogens is 1910 g/mol. The fourth-order valence-electron chi connectivity index (χ4n) is 11.8. The Morgan fingerprint density at radius 2 is 0.790 bits per heavy atom. The van der Waals surface area contributed by atoms with Gasteiger partial charge in [-0.1, -0.05) is 163 Å². The number of ketones is 2. The molecule has 10 nitrogen and oxygen atoms in total. The number of aromatic carboxylic acids is 1. The molecule has 1 amide bonds. The molecule has 622 valence electrons. The molecule has 0 bridgehead atoms. The third kappa shape index (κ3) is 33.1. The van der Waals surface area contributed by atoms with E-state index in [-0.39, 0.29) is 104 Å². The zero-order valence-electron chi connectivity index (χ0n) is 70.8. The van der Waals surface area contributed by atoms with Crippen molar-refractivity contribution in [2.75, 3.05) is 35.2 Å². The van der Waals surface area contributed by atoms with Crippen LogP contribution in [-0.2, 0) is 22.1 Å². The number of carboxylic acid groups (broad SMARTS) is 1. The van der Waals surface area contributed by atoms with Gasteiger partial charge >= 0.3 is 50.7 Å². The topological polar surface area (TPSA) is 149 Å². The van der Waals surface area contributed by atoms with Gasteiger partial charge in [0.2, 0.25) is 9.23 Å². The summed E-state index contributed by atoms with van der Waals surface area (Å²) in [6.07, 6.45) is 4.06. The molecule has 119 heavy (non-hydrogen) atoms. The van der Waals surface area contributed by atoms with Crippen LogP contribution in [0.4, 0.5) is 0 Å². The molecule has 0 saturated heterocycles. The zero-order chi connectivity index (χ0) is 85.6. The first kappa shape index (κ1) is 111. The van der Waals surface area contributed by atoms with Crippen LogP contribution in [0.3, 0.4) is 0 Å². The summed E-state index contributed by atoms with van der Waals surface area (Å²) in [7, 11) is 16.9. The fourth-order valence-corrected chi connectivity index (χ4v) is 19.2. The summed E-state index contributed by atoms with van der Waals surface area (Å²) in [5.74, 6) is -0.0472. The number of halogens is 10. The molecule has 3 unspecified atom stereocenters. The van der Waals surface area contributed by atoms with E-state index in [4.69, 9.17) is 90.5 Å². The number of rotatable bonds is 11. The van der Waals surface area contributed by atoms with Gasteiger partial charge in [0.25, 0.3) is 11.1 Å². The number of carbonyl (C=O) groups is 5. The van der Waals surface area contributed by atoms with Crippen LogP contribution < -0.4 is 35.8 Å². The van der Waals surface area contributed by atoms with Crippen molar-refractivity contribution in [3.05, 3.63) is 294 Å². The first-order valence-electron chi connectivity index (χ1n) is 35.2. The van der Waals surface area contributed by atoms with Crippen LogP contribution in [0.15, 0.2) is 189 Å². The second kappa shape index (κ2) is 53.5. The number of fused-ring (bicyclic) bond motifs is 2. The number of hydrogen-bond donors (Lipinski definition) is 2. The Labute approximate surface area is 824 Å². The van der Waals surface area contributed by atoms with Crippen molar-refractivity contribution < 1.29 is 78.5 Å². The SMILES string of the molecule is C=C(C)C(=O)c1cc(-c2ccc(Cl)cc2)c(C)s1.C=[C-]C.CN(C)C.Cc1sc(C(=O)Cl)cc1-c1ccc(Cl)cc1.Cc1sc(C(=O)N(C)C)cc1-c1ccc(Cl)cc1.Cc1sc(C(=O)O)cc1-c1ccc(Cl)cc1.Cc1sc2c(c1-c1ccc(Cl)cc1)CC(C)C2=O.Cc1sc2c(c1-c1ccc(Cl)cc1)CC(C)C2O.O=S(Cl)Cl.[AlH3].[Br-].[H+].[H+].[H-].[Li+].[Mg+2]. The molecule has 6 heterocycles. The third-order valence-electron chi connectivity index (χ3n) is 17.1. The molecule has 0 fully saturated rings. The molecule has 2 N–H and O–H groups in total. The molecule has 0 aliphatic heterocycles. The van der Waals surface area contributed by atoms with E-state index >= 15 is 0 Å². The predicted octanol–water partition coefficient (Wildman–Crippen LogP) is 22.4. The minimum Gasteiger partial charge on any atom is -1.00 e. The van der Waals surface area contributed by atoms with Crippen molar-refractivity contribution in [2.45, 2.75) is 88.2 Å². The van der Waals surface area contributed by atoms with E-state index in [1.54, 1.807) is 73.7 Å². The van der Waals surface area contributed by atoms with Gasteiger partial charge in [-0.3, -0.25) is 25.8 Å². The van der Waals surface area contributed by atoms with Crippen LogP contribution in [0.25, 0.3) is 66.8 Å². The van der Waals surface area contributed by atoms with Crippen molar-refractivity contribution >= 4 is 249 Å². The predicted molar refractivity (Wildman–Crippen MR) is 519 cm³/mol. The van der Waals surface area contributed by atoms with Gasteiger partial charge in [-0.2, -0.15) is 6.92 Å². The van der Waals surface area contributed by atoms with E-state index < -0.39 is 20.4 Å². The fraction of sp³-hybridized carbons (Fsp3) is 0.225. The molecule has 3 atom stereocenters. The Morgan fingerprint density at radius 3 is 1.09 bits per heavy atom. The first-order chi connectivity index (χ1) is 54.2. The largest absolute Gasteiger partial charge is 2.00 e. The molecule has 6 aromatic heterocycles. The van der Waals surface area contributed by atoms with Gasteiger partial charge in [-0.15, -0.1) is 68.0 Å². The van der Waals surface area contributed by atoms with Gasteiger partial charge in [0, 0.05) is 106 Å². The number of aliphatic hydroxyl groups excluding tert-OH is 1. The van der Waals surface area contributed by atoms with Crippen LogP contribution in [0, 0.1) is 59.5 Å². The molecule has 30 heteroatoms. The maximum absolute atomic E-state index is 12.0. The number of hydrogen-bond acceptors (Lipinski definition) is 14. The maximum atomic E-state index is 12.0. The minimum atomic E-state index is -1.67. The summed E-state index contributed by atoms with van der Waals surface area (Å²) >= 11 is 49.8. The van der Waals surface area contributed by atoms with E-state index in [1.807, 2.05) is 200 Å². The number of Topliss-reactive ketones (excluding diaryl/α,β-unsaturated/α-hetero) is 2. The Kier molecular flexibility index (Phi) is 49.9. The Morgan fingerprint density at radius 1 is 0.513 bits per heavy atom. The van der Waals surface area contributed by atoms with Gasteiger partial charge < -0.3 is 44.5 Å². The molecule has 2 aliphatic carbocycles. The van der Waals surface area contributed by atoms with Crippen LogP contribution >= 0.6 is 171 Å². The number of aryl methyl sites for hydroxylation is 6. The van der Waals surface area contributed by atoms with E-state index in [2.05, 4.69) is 73.5 Å². The Balaban J connectivity index is 0. The summed E-state index contributed by atoms with van der Waals surface area (Å²) in [5, 5.41) is 23.0. The second-order valence-electron chi connectivity index (χ2n) is 26.9. The number of thiophene rings is 6. The van der Waals surface area contributed by atoms with Gasteiger partial charge in [0.15, 0.2) is 28.9 Å². The number of carboxylic acids is 1. The molecule has 14 rings (SSSR count). The van der Waals surface area contributed by atoms with Crippen LogP contribution in [-0.4, -0.2) is 129 Å². The number of amides is 1. The van der Waals surface area contributed by atoms with Gasteiger partial charge in [-0.05, 0) is 280 Å². The summed E-state index contributed by atoms with van der Waals surface area (Å²) in [4.78, 5) is 72.7. The number of carbonyl (C=O) groups excluding carboxylic acids is 4. The third-order valence-corrected chi connectivity index (χ3v) is 25.5. The van der Waals surface area contributed by atoms with Crippen molar-refractivity contribution in [1.82, 2.24) is 9.80 Å². The number of nitrogens with zero attached hydrogens (tertiary/aromatic N) is 2. The summed E-state index contributed by atoms with van der Waals surface area (Å²) in [6, 6.07) is 53.5. The second-order valence-corrected chi connectivity index (χ2v) is 39.9. The van der Waals surface area contributed by atoms with E-state index in [0.29, 0.717) is 42.1 Å². The summed E-state index contributed by atoms with van der Waals surface area (Å²) in [5.41, 5.74) is 16.4. The summed E-state index contributed by atoms with van der Waals surface area (Å²) in [6.45, 7) is 26.7. The molecule has 0 radical (unpaired) electrons. The Bertz CT molecular complexity index is 5300. The monoisotopic (exact) mass is 1990 g/mol.